The summed E-state index contributed by atoms with van der Waals surface area (Å²) in [6.07, 6.45) is 1.67. The molecule has 0 spiro atoms. The molecule has 1 aliphatic heterocycles. The minimum absolute atomic E-state index is 0.000876. The average molecular weight is 426 g/mol. The molecule has 0 atom stereocenters. The lowest BCUT2D eigenvalue weighted by Gasteiger charge is -2.34. The maximum atomic E-state index is 12.4. The molecule has 2 rings (SSSR count). The molecule has 1 aromatic carbocycles. The van der Waals surface area contributed by atoms with E-state index in [1.165, 1.54) is 5.56 Å². The Balaban J connectivity index is 1.73. The number of nitrogens with zero attached hydrogens (tertiary/aromatic N) is 2. The molecule has 1 heterocycles. The molecule has 0 saturated carbocycles. The summed E-state index contributed by atoms with van der Waals surface area (Å²) in [5, 5.41) is 2.78. The van der Waals surface area contributed by atoms with Crippen LogP contribution in [0.5, 0.6) is 0 Å². The number of hydrogen-bond acceptors (Lipinski definition) is 4. The predicted octanol–water partition coefficient (Wildman–Crippen LogP) is 2.30. The van der Waals surface area contributed by atoms with E-state index in [1.807, 2.05) is 24.0 Å². The van der Waals surface area contributed by atoms with E-state index in [2.05, 4.69) is 38.8 Å². The summed E-state index contributed by atoms with van der Waals surface area (Å²) in [5.41, 5.74) is 1.17. The summed E-state index contributed by atoms with van der Waals surface area (Å²) in [4.78, 5) is 29.2. The number of amides is 2. The van der Waals surface area contributed by atoms with Crippen molar-refractivity contribution >= 4 is 39.5 Å². The molecular formula is C18H24BrN3O2S. The summed E-state index contributed by atoms with van der Waals surface area (Å²) in [7, 11) is 0. The van der Waals surface area contributed by atoms with Gasteiger partial charge in [-0.05, 0) is 30.7 Å². The van der Waals surface area contributed by atoms with Gasteiger partial charge < -0.3 is 10.2 Å². The lowest BCUT2D eigenvalue weighted by atomic mass is 10.2. The molecule has 1 saturated heterocycles. The number of aryl methyl sites for hydroxylation is 1. The van der Waals surface area contributed by atoms with Crippen LogP contribution < -0.4 is 5.32 Å². The first-order chi connectivity index (χ1) is 12.0. The van der Waals surface area contributed by atoms with Gasteiger partial charge in [-0.3, -0.25) is 14.5 Å². The molecule has 0 aliphatic carbocycles. The quantitative estimate of drug-likeness (QED) is 0.537. The van der Waals surface area contributed by atoms with Crippen molar-refractivity contribution in [3.8, 4) is 0 Å². The van der Waals surface area contributed by atoms with E-state index in [0.717, 1.165) is 22.5 Å². The Bertz CT molecular complexity index is 631. The molecule has 7 heteroatoms. The van der Waals surface area contributed by atoms with E-state index in [4.69, 9.17) is 0 Å². The third-order valence-corrected chi connectivity index (χ3v) is 5.68. The molecule has 1 aliphatic rings. The molecule has 2 amide bonds. The fourth-order valence-electron chi connectivity index (χ4n) is 2.61. The monoisotopic (exact) mass is 425 g/mol. The fraction of sp³-hybridized carbons (Fsp3) is 0.444. The van der Waals surface area contributed by atoms with Gasteiger partial charge in [0.05, 0.1) is 12.3 Å². The van der Waals surface area contributed by atoms with Crippen LogP contribution in [0.1, 0.15) is 5.56 Å². The van der Waals surface area contributed by atoms with Crippen LogP contribution >= 0.6 is 27.7 Å². The van der Waals surface area contributed by atoms with Gasteiger partial charge in [-0.15, -0.1) is 18.3 Å². The Labute approximate surface area is 161 Å². The summed E-state index contributed by atoms with van der Waals surface area (Å²) in [6, 6.07) is 6.09. The number of carbonyl (C=O) groups is 2. The molecule has 25 heavy (non-hydrogen) atoms. The number of carbonyl (C=O) groups excluding carboxylic acids is 2. The van der Waals surface area contributed by atoms with Crippen molar-refractivity contribution < 1.29 is 9.59 Å². The van der Waals surface area contributed by atoms with E-state index in [-0.39, 0.29) is 11.8 Å². The van der Waals surface area contributed by atoms with Gasteiger partial charge in [-0.25, -0.2) is 0 Å². The molecule has 5 nitrogen and oxygen atoms in total. The molecule has 0 radical (unpaired) electrons. The first-order valence-electron chi connectivity index (χ1n) is 8.26. The molecule has 0 unspecified atom stereocenters. The van der Waals surface area contributed by atoms with Crippen molar-refractivity contribution in [3.05, 3.63) is 40.9 Å². The number of piperazine rings is 1. The zero-order valence-corrected chi connectivity index (χ0v) is 16.9. The van der Waals surface area contributed by atoms with Gasteiger partial charge in [-0.2, -0.15) is 0 Å². The Morgan fingerprint density at radius 2 is 2.04 bits per heavy atom. The molecule has 0 aromatic heterocycles. The SMILES string of the molecule is C=CCNC(=O)CN1CCN(C(=O)CSc2ccc(Br)cc2C)CC1. The highest BCUT2D eigenvalue weighted by Gasteiger charge is 2.22. The summed E-state index contributed by atoms with van der Waals surface area (Å²) < 4.78 is 1.05. The minimum Gasteiger partial charge on any atom is -0.352 e. The summed E-state index contributed by atoms with van der Waals surface area (Å²) in [6.45, 7) is 9.31. The molecule has 0 bridgehead atoms. The summed E-state index contributed by atoms with van der Waals surface area (Å²) >= 11 is 5.03. The highest BCUT2D eigenvalue weighted by molar-refractivity contribution is 9.10. The van der Waals surface area contributed by atoms with Crippen LogP contribution in [0, 0.1) is 6.92 Å². The largest absolute Gasteiger partial charge is 0.352 e. The highest BCUT2D eigenvalue weighted by atomic mass is 79.9. The highest BCUT2D eigenvalue weighted by Crippen LogP contribution is 2.25. The number of hydrogen-bond donors (Lipinski definition) is 1. The first kappa shape index (κ1) is 20.0. The fourth-order valence-corrected chi connectivity index (χ4v) is 3.99. The topological polar surface area (TPSA) is 52.7 Å². The van der Waals surface area contributed by atoms with Gasteiger partial charge in [-0.1, -0.05) is 22.0 Å². The maximum absolute atomic E-state index is 12.4. The van der Waals surface area contributed by atoms with Crippen molar-refractivity contribution in [2.45, 2.75) is 11.8 Å². The number of thioether (sulfide) groups is 1. The summed E-state index contributed by atoms with van der Waals surface area (Å²) in [5.74, 6) is 0.603. The number of rotatable bonds is 7. The first-order valence-corrected chi connectivity index (χ1v) is 10.0. The standard InChI is InChI=1S/C18H24BrN3O2S/c1-3-6-20-17(23)12-21-7-9-22(10-8-21)18(24)13-25-16-5-4-15(19)11-14(16)2/h3-5,11H,1,6-10,12-13H2,2H3,(H,20,23). The second-order valence-corrected chi connectivity index (χ2v) is 7.88. The van der Waals surface area contributed by atoms with Gasteiger partial charge in [0.15, 0.2) is 0 Å². The van der Waals surface area contributed by atoms with Crippen LogP contribution in [0.15, 0.2) is 40.2 Å². The van der Waals surface area contributed by atoms with E-state index >= 15 is 0 Å². The molecule has 1 N–H and O–H groups in total. The van der Waals surface area contributed by atoms with Gasteiger partial charge >= 0.3 is 0 Å². The van der Waals surface area contributed by atoms with Crippen LogP contribution in [0.2, 0.25) is 0 Å². The second-order valence-electron chi connectivity index (χ2n) is 5.95. The molecular weight excluding hydrogens is 402 g/mol. The average Bonchev–Trinajstić information content (AvgIpc) is 2.59. The molecule has 1 aromatic rings. The zero-order valence-electron chi connectivity index (χ0n) is 14.5. The smallest absolute Gasteiger partial charge is 0.234 e. The van der Waals surface area contributed by atoms with E-state index in [9.17, 15) is 9.59 Å². The second kappa shape index (κ2) is 9.99. The van der Waals surface area contributed by atoms with Gasteiger partial charge in [0.2, 0.25) is 11.8 Å². The van der Waals surface area contributed by atoms with Crippen molar-refractivity contribution in [2.75, 3.05) is 45.0 Å². The van der Waals surface area contributed by atoms with Crippen molar-refractivity contribution in [2.24, 2.45) is 0 Å². The van der Waals surface area contributed by atoms with Crippen LogP contribution in [0.4, 0.5) is 0 Å². The van der Waals surface area contributed by atoms with Crippen LogP contribution in [-0.2, 0) is 9.59 Å². The van der Waals surface area contributed by atoms with Crippen molar-refractivity contribution in [3.63, 3.8) is 0 Å². The maximum Gasteiger partial charge on any atom is 0.234 e. The molecule has 1 fully saturated rings. The Morgan fingerprint density at radius 3 is 2.68 bits per heavy atom. The van der Waals surface area contributed by atoms with E-state index < -0.39 is 0 Å². The third kappa shape index (κ3) is 6.49. The van der Waals surface area contributed by atoms with E-state index in [1.54, 1.807) is 17.8 Å². The Kier molecular flexibility index (Phi) is 7.99. The number of benzene rings is 1. The zero-order chi connectivity index (χ0) is 18.2. The minimum atomic E-state index is 0.000876. The van der Waals surface area contributed by atoms with Gasteiger partial charge in [0.25, 0.3) is 0 Å². The van der Waals surface area contributed by atoms with Crippen LogP contribution in [-0.4, -0.2) is 66.6 Å². The van der Waals surface area contributed by atoms with Gasteiger partial charge in [0, 0.05) is 42.1 Å². The van der Waals surface area contributed by atoms with E-state index in [0.29, 0.717) is 31.9 Å². The van der Waals surface area contributed by atoms with Crippen LogP contribution in [0.25, 0.3) is 0 Å². The Morgan fingerprint density at radius 1 is 1.32 bits per heavy atom. The number of halogens is 1. The van der Waals surface area contributed by atoms with Crippen molar-refractivity contribution in [1.29, 1.82) is 0 Å². The number of nitrogens with one attached hydrogen (secondary N) is 1. The van der Waals surface area contributed by atoms with Gasteiger partial charge in [0.1, 0.15) is 0 Å². The predicted molar refractivity (Wildman–Crippen MR) is 106 cm³/mol. The Hall–Kier alpha value is -1.31. The van der Waals surface area contributed by atoms with Crippen LogP contribution in [0.3, 0.4) is 0 Å². The normalized spacial score (nSPS) is 15.0. The third-order valence-electron chi connectivity index (χ3n) is 4.02. The lowest BCUT2D eigenvalue weighted by molar-refractivity contribution is -0.130. The lowest BCUT2D eigenvalue weighted by Crippen LogP contribution is -2.51. The van der Waals surface area contributed by atoms with Crippen molar-refractivity contribution in [1.82, 2.24) is 15.1 Å². The molecule has 136 valence electrons.